The number of nitrogen functional groups attached to an aromatic ring is 1. The summed E-state index contributed by atoms with van der Waals surface area (Å²) in [7, 11) is 0. The van der Waals surface area contributed by atoms with Gasteiger partial charge in [0.15, 0.2) is 6.10 Å². The lowest BCUT2D eigenvalue weighted by Gasteiger charge is -2.31. The largest absolute Gasteiger partial charge is 0.396 e. The SMILES string of the molecule is N#CC1CN(CC(O)Cn2cc(N)cn2)CCO1. The number of β-amino-alcohol motifs (C(OH)–C–C–N with tert-alkyl or cyclic N) is 1. The molecule has 0 amide bonds. The Morgan fingerprint density at radius 2 is 2.50 bits per heavy atom. The normalized spacial score (nSPS) is 22.6. The molecule has 7 heteroatoms. The van der Waals surface area contributed by atoms with E-state index in [1.165, 1.54) is 0 Å². The number of aliphatic hydroxyl groups excluding tert-OH is 1. The Balaban J connectivity index is 1.80. The van der Waals surface area contributed by atoms with Crippen LogP contribution in [0.4, 0.5) is 5.69 Å². The summed E-state index contributed by atoms with van der Waals surface area (Å²) in [5, 5.41) is 22.8. The van der Waals surface area contributed by atoms with Crippen molar-refractivity contribution in [3.05, 3.63) is 12.4 Å². The average molecular weight is 251 g/mol. The second kappa shape index (κ2) is 5.82. The summed E-state index contributed by atoms with van der Waals surface area (Å²) in [6.45, 7) is 2.69. The molecular formula is C11H17N5O2. The Morgan fingerprint density at radius 1 is 1.67 bits per heavy atom. The fourth-order valence-electron chi connectivity index (χ4n) is 2.00. The van der Waals surface area contributed by atoms with Crippen LogP contribution in [0.25, 0.3) is 0 Å². The summed E-state index contributed by atoms with van der Waals surface area (Å²) in [4.78, 5) is 2.02. The Labute approximate surface area is 105 Å². The number of rotatable bonds is 4. The zero-order valence-corrected chi connectivity index (χ0v) is 10.1. The van der Waals surface area contributed by atoms with Gasteiger partial charge in [0.1, 0.15) is 0 Å². The van der Waals surface area contributed by atoms with Crippen molar-refractivity contribution in [3.63, 3.8) is 0 Å². The van der Waals surface area contributed by atoms with Crippen molar-refractivity contribution in [3.8, 4) is 6.07 Å². The number of nitrogens with zero attached hydrogens (tertiary/aromatic N) is 4. The summed E-state index contributed by atoms with van der Waals surface area (Å²) in [6, 6.07) is 2.08. The first-order chi connectivity index (χ1) is 8.67. The molecule has 2 heterocycles. The van der Waals surface area contributed by atoms with E-state index in [0.717, 1.165) is 6.54 Å². The molecule has 0 spiro atoms. The summed E-state index contributed by atoms with van der Waals surface area (Å²) in [6.07, 6.45) is 2.29. The van der Waals surface area contributed by atoms with E-state index in [1.54, 1.807) is 17.1 Å². The van der Waals surface area contributed by atoms with Crippen molar-refractivity contribution in [1.29, 1.82) is 5.26 Å². The fourth-order valence-corrected chi connectivity index (χ4v) is 2.00. The Hall–Kier alpha value is -1.62. The summed E-state index contributed by atoms with van der Waals surface area (Å²) >= 11 is 0. The Bertz CT molecular complexity index is 427. The van der Waals surface area contributed by atoms with Crippen molar-refractivity contribution in [1.82, 2.24) is 14.7 Å². The molecule has 98 valence electrons. The quantitative estimate of drug-likeness (QED) is 0.715. The van der Waals surface area contributed by atoms with E-state index >= 15 is 0 Å². The van der Waals surface area contributed by atoms with Gasteiger partial charge in [-0.1, -0.05) is 0 Å². The van der Waals surface area contributed by atoms with Crippen LogP contribution in [-0.4, -0.2) is 58.2 Å². The third kappa shape index (κ3) is 3.43. The molecule has 0 bridgehead atoms. The van der Waals surface area contributed by atoms with Gasteiger partial charge in [-0.2, -0.15) is 10.4 Å². The summed E-state index contributed by atoms with van der Waals surface area (Å²) < 4.78 is 6.86. The number of hydrogen-bond donors (Lipinski definition) is 2. The van der Waals surface area contributed by atoms with Gasteiger partial charge in [-0.3, -0.25) is 9.58 Å². The van der Waals surface area contributed by atoms with Gasteiger partial charge < -0.3 is 15.6 Å². The van der Waals surface area contributed by atoms with E-state index in [9.17, 15) is 5.11 Å². The van der Waals surface area contributed by atoms with E-state index in [0.29, 0.717) is 31.9 Å². The second-order valence-corrected chi connectivity index (χ2v) is 4.40. The number of ether oxygens (including phenoxy) is 1. The molecule has 2 unspecified atom stereocenters. The highest BCUT2D eigenvalue weighted by Gasteiger charge is 2.22. The molecule has 1 aromatic heterocycles. The second-order valence-electron chi connectivity index (χ2n) is 4.40. The van der Waals surface area contributed by atoms with Crippen LogP contribution in [0.3, 0.4) is 0 Å². The molecule has 0 aromatic carbocycles. The third-order valence-corrected chi connectivity index (χ3v) is 2.81. The molecular weight excluding hydrogens is 234 g/mol. The van der Waals surface area contributed by atoms with E-state index in [4.69, 9.17) is 15.7 Å². The molecule has 3 N–H and O–H groups in total. The molecule has 1 aliphatic rings. The molecule has 0 aliphatic carbocycles. The van der Waals surface area contributed by atoms with Crippen LogP contribution in [0.15, 0.2) is 12.4 Å². The van der Waals surface area contributed by atoms with Gasteiger partial charge in [0, 0.05) is 25.8 Å². The highest BCUT2D eigenvalue weighted by molar-refractivity contribution is 5.30. The van der Waals surface area contributed by atoms with Gasteiger partial charge in [0.05, 0.1) is 37.2 Å². The van der Waals surface area contributed by atoms with Crippen molar-refractivity contribution in [2.75, 3.05) is 32.0 Å². The van der Waals surface area contributed by atoms with Crippen molar-refractivity contribution in [2.45, 2.75) is 18.8 Å². The topological polar surface area (TPSA) is 100 Å². The van der Waals surface area contributed by atoms with Crippen LogP contribution >= 0.6 is 0 Å². The summed E-state index contributed by atoms with van der Waals surface area (Å²) in [5.41, 5.74) is 6.13. The number of hydrogen-bond acceptors (Lipinski definition) is 6. The predicted octanol–water partition coefficient (Wildman–Crippen LogP) is -0.949. The van der Waals surface area contributed by atoms with E-state index in [-0.39, 0.29) is 0 Å². The smallest absolute Gasteiger partial charge is 0.156 e. The number of nitrogens with two attached hydrogens (primary N) is 1. The maximum Gasteiger partial charge on any atom is 0.156 e. The minimum absolute atomic E-state index is 0.395. The Kier molecular flexibility index (Phi) is 4.15. The van der Waals surface area contributed by atoms with Gasteiger partial charge in [-0.15, -0.1) is 0 Å². The van der Waals surface area contributed by atoms with Crippen molar-refractivity contribution >= 4 is 5.69 Å². The summed E-state index contributed by atoms with van der Waals surface area (Å²) in [5.74, 6) is 0. The van der Waals surface area contributed by atoms with E-state index in [2.05, 4.69) is 11.2 Å². The molecule has 7 nitrogen and oxygen atoms in total. The van der Waals surface area contributed by atoms with Crippen LogP contribution in [0.2, 0.25) is 0 Å². The average Bonchev–Trinajstić information content (AvgIpc) is 2.74. The van der Waals surface area contributed by atoms with Crippen LogP contribution in [-0.2, 0) is 11.3 Å². The van der Waals surface area contributed by atoms with Gasteiger partial charge >= 0.3 is 0 Å². The molecule has 2 rings (SSSR count). The monoisotopic (exact) mass is 251 g/mol. The van der Waals surface area contributed by atoms with E-state index < -0.39 is 12.2 Å². The highest BCUT2D eigenvalue weighted by atomic mass is 16.5. The third-order valence-electron chi connectivity index (χ3n) is 2.81. The number of nitriles is 1. The maximum absolute atomic E-state index is 9.96. The van der Waals surface area contributed by atoms with Crippen LogP contribution in [0.5, 0.6) is 0 Å². The molecule has 2 atom stereocenters. The minimum atomic E-state index is -0.540. The minimum Gasteiger partial charge on any atom is -0.396 e. The highest BCUT2D eigenvalue weighted by Crippen LogP contribution is 2.06. The lowest BCUT2D eigenvalue weighted by Crippen LogP contribution is -2.45. The zero-order chi connectivity index (χ0) is 13.0. The van der Waals surface area contributed by atoms with Crippen LogP contribution in [0, 0.1) is 11.3 Å². The van der Waals surface area contributed by atoms with Crippen LogP contribution < -0.4 is 5.73 Å². The zero-order valence-electron chi connectivity index (χ0n) is 10.1. The fraction of sp³-hybridized carbons (Fsp3) is 0.636. The van der Waals surface area contributed by atoms with Gasteiger partial charge in [0.2, 0.25) is 0 Å². The van der Waals surface area contributed by atoms with Crippen LogP contribution in [0.1, 0.15) is 0 Å². The first kappa shape index (κ1) is 12.8. The van der Waals surface area contributed by atoms with E-state index in [1.807, 2.05) is 4.90 Å². The Morgan fingerprint density at radius 3 is 3.17 bits per heavy atom. The van der Waals surface area contributed by atoms with Gasteiger partial charge in [0.25, 0.3) is 0 Å². The first-order valence-corrected chi connectivity index (χ1v) is 5.87. The van der Waals surface area contributed by atoms with Crippen molar-refractivity contribution in [2.24, 2.45) is 0 Å². The molecule has 18 heavy (non-hydrogen) atoms. The molecule has 1 aliphatic heterocycles. The molecule has 0 radical (unpaired) electrons. The maximum atomic E-state index is 9.96. The number of aliphatic hydroxyl groups is 1. The predicted molar refractivity (Wildman–Crippen MR) is 64.4 cm³/mol. The van der Waals surface area contributed by atoms with Crippen molar-refractivity contribution < 1.29 is 9.84 Å². The number of morpholine rings is 1. The molecule has 1 aromatic rings. The molecule has 1 fully saturated rings. The van der Waals surface area contributed by atoms with Gasteiger partial charge in [-0.05, 0) is 0 Å². The lowest BCUT2D eigenvalue weighted by atomic mass is 10.2. The molecule has 1 saturated heterocycles. The molecule has 0 saturated carbocycles. The number of anilines is 1. The number of aromatic nitrogens is 2. The van der Waals surface area contributed by atoms with Gasteiger partial charge in [-0.25, -0.2) is 0 Å². The lowest BCUT2D eigenvalue weighted by molar-refractivity contribution is -0.0179. The standard InChI is InChI=1S/C11H17N5O2/c12-3-11-8-15(1-2-18-11)6-10(17)7-16-5-9(13)4-14-16/h4-5,10-11,17H,1-2,6-8,13H2. The first-order valence-electron chi connectivity index (χ1n) is 5.87.